The summed E-state index contributed by atoms with van der Waals surface area (Å²) in [4.78, 5) is 0. The van der Waals surface area contributed by atoms with Crippen molar-refractivity contribution >= 4 is 0 Å². The molecule has 82 valence electrons. The van der Waals surface area contributed by atoms with Gasteiger partial charge in [0.25, 0.3) is 0 Å². The van der Waals surface area contributed by atoms with Crippen molar-refractivity contribution in [1.29, 1.82) is 0 Å². The van der Waals surface area contributed by atoms with Gasteiger partial charge >= 0.3 is 0 Å². The summed E-state index contributed by atoms with van der Waals surface area (Å²) < 4.78 is 0. The third-order valence-corrected chi connectivity index (χ3v) is 3.83. The summed E-state index contributed by atoms with van der Waals surface area (Å²) in [7, 11) is 0. The highest BCUT2D eigenvalue weighted by molar-refractivity contribution is 5.43. The molecule has 2 unspecified atom stereocenters. The lowest BCUT2D eigenvalue weighted by molar-refractivity contribution is 0.464. The molecule has 3 N–H and O–H groups in total. The Hall–Kier alpha value is -1.02. The van der Waals surface area contributed by atoms with Crippen molar-refractivity contribution in [3.63, 3.8) is 0 Å². The normalized spacial score (nSPS) is 27.7. The van der Waals surface area contributed by atoms with E-state index >= 15 is 0 Å². The number of rotatable bonds is 2. The van der Waals surface area contributed by atoms with Crippen molar-refractivity contribution in [2.45, 2.75) is 26.7 Å². The van der Waals surface area contributed by atoms with E-state index in [1.807, 2.05) is 19.1 Å². The average molecular weight is 205 g/mol. The first kappa shape index (κ1) is 10.5. The Morgan fingerprint density at radius 3 is 2.53 bits per heavy atom. The standard InChI is InChI=1S/C13H19NO/c1-8-4-5-9(11(15)6-8)12-10(7-14)13(12,2)3/h4-6,10,12,15H,7,14H2,1-3H3. The lowest BCUT2D eigenvalue weighted by atomic mass is 10.0. The van der Waals surface area contributed by atoms with Crippen LogP contribution in [0.4, 0.5) is 0 Å². The molecule has 1 fully saturated rings. The quantitative estimate of drug-likeness (QED) is 0.778. The SMILES string of the molecule is Cc1ccc(C2C(CN)C2(C)C)c(O)c1. The fourth-order valence-electron chi connectivity index (χ4n) is 2.72. The van der Waals surface area contributed by atoms with Crippen LogP contribution in [-0.4, -0.2) is 11.7 Å². The van der Waals surface area contributed by atoms with Crippen LogP contribution in [0, 0.1) is 18.3 Å². The molecular weight excluding hydrogens is 186 g/mol. The lowest BCUT2D eigenvalue weighted by Crippen LogP contribution is -2.05. The van der Waals surface area contributed by atoms with Gasteiger partial charge in [0.15, 0.2) is 0 Å². The van der Waals surface area contributed by atoms with Crippen molar-refractivity contribution in [3.05, 3.63) is 29.3 Å². The van der Waals surface area contributed by atoms with E-state index in [1.54, 1.807) is 0 Å². The maximum Gasteiger partial charge on any atom is 0.119 e. The van der Waals surface area contributed by atoms with Crippen molar-refractivity contribution in [2.24, 2.45) is 17.1 Å². The fraction of sp³-hybridized carbons (Fsp3) is 0.538. The maximum absolute atomic E-state index is 9.91. The second-order valence-electron chi connectivity index (χ2n) is 5.20. The number of phenolic OH excluding ortho intramolecular Hbond substituents is 1. The zero-order valence-corrected chi connectivity index (χ0v) is 9.62. The lowest BCUT2D eigenvalue weighted by Gasteiger charge is -2.06. The Morgan fingerprint density at radius 2 is 2.07 bits per heavy atom. The molecule has 1 aliphatic carbocycles. The highest BCUT2D eigenvalue weighted by atomic mass is 16.3. The minimum absolute atomic E-state index is 0.238. The molecule has 2 nitrogen and oxygen atoms in total. The highest BCUT2D eigenvalue weighted by Crippen LogP contribution is 2.65. The first-order valence-electron chi connectivity index (χ1n) is 5.48. The van der Waals surface area contributed by atoms with Gasteiger partial charge in [0, 0.05) is 0 Å². The van der Waals surface area contributed by atoms with Crippen molar-refractivity contribution in [3.8, 4) is 5.75 Å². The molecule has 0 heterocycles. The molecular formula is C13H19NO. The number of hydrogen-bond acceptors (Lipinski definition) is 2. The van der Waals surface area contributed by atoms with E-state index in [1.165, 1.54) is 0 Å². The van der Waals surface area contributed by atoms with E-state index < -0.39 is 0 Å². The van der Waals surface area contributed by atoms with E-state index in [4.69, 9.17) is 5.73 Å². The Morgan fingerprint density at radius 1 is 1.40 bits per heavy atom. The first-order chi connectivity index (χ1) is 6.98. The largest absolute Gasteiger partial charge is 0.508 e. The zero-order valence-electron chi connectivity index (χ0n) is 9.62. The summed E-state index contributed by atoms with van der Waals surface area (Å²) in [5.41, 5.74) is 8.13. The molecule has 15 heavy (non-hydrogen) atoms. The second kappa shape index (κ2) is 3.24. The average Bonchev–Trinajstić information content (AvgIpc) is 2.68. The predicted octanol–water partition coefficient (Wildman–Crippen LogP) is 2.40. The first-order valence-corrected chi connectivity index (χ1v) is 5.48. The molecule has 1 aromatic carbocycles. The summed E-state index contributed by atoms with van der Waals surface area (Å²) in [6.45, 7) is 7.12. The molecule has 0 spiro atoms. The van der Waals surface area contributed by atoms with Gasteiger partial charge in [0.05, 0.1) is 0 Å². The summed E-state index contributed by atoms with van der Waals surface area (Å²) in [5.74, 6) is 1.35. The van der Waals surface area contributed by atoms with Crippen LogP contribution in [0.3, 0.4) is 0 Å². The van der Waals surface area contributed by atoms with Gasteiger partial charge in [-0.3, -0.25) is 0 Å². The van der Waals surface area contributed by atoms with Gasteiger partial charge in [-0.05, 0) is 47.9 Å². The summed E-state index contributed by atoms with van der Waals surface area (Å²) >= 11 is 0. The highest BCUT2D eigenvalue weighted by Gasteiger charge is 2.57. The van der Waals surface area contributed by atoms with E-state index in [9.17, 15) is 5.11 Å². The van der Waals surface area contributed by atoms with Crippen LogP contribution in [0.25, 0.3) is 0 Å². The number of aryl methyl sites for hydroxylation is 1. The minimum atomic E-state index is 0.238. The zero-order chi connectivity index (χ0) is 11.2. The van der Waals surface area contributed by atoms with Crippen LogP contribution >= 0.6 is 0 Å². The smallest absolute Gasteiger partial charge is 0.119 e. The number of nitrogens with two attached hydrogens (primary N) is 1. The van der Waals surface area contributed by atoms with Gasteiger partial charge in [-0.2, -0.15) is 0 Å². The van der Waals surface area contributed by atoms with Gasteiger partial charge in [0.1, 0.15) is 5.75 Å². The maximum atomic E-state index is 9.91. The molecule has 2 heteroatoms. The van der Waals surface area contributed by atoms with Crippen LogP contribution in [0.1, 0.15) is 30.9 Å². The van der Waals surface area contributed by atoms with Crippen LogP contribution < -0.4 is 5.73 Å². The fourth-order valence-corrected chi connectivity index (χ4v) is 2.72. The third-order valence-electron chi connectivity index (χ3n) is 3.83. The van der Waals surface area contributed by atoms with E-state index in [0.29, 0.717) is 24.1 Å². The molecule has 1 saturated carbocycles. The van der Waals surface area contributed by atoms with Crippen LogP contribution in [0.5, 0.6) is 5.75 Å². The monoisotopic (exact) mass is 205 g/mol. The third kappa shape index (κ3) is 1.53. The summed E-state index contributed by atoms with van der Waals surface area (Å²) in [6, 6.07) is 5.92. The molecule has 0 saturated heterocycles. The summed E-state index contributed by atoms with van der Waals surface area (Å²) in [5, 5.41) is 9.91. The Bertz CT molecular complexity index is 384. The Balaban J connectivity index is 2.33. The molecule has 1 aromatic rings. The molecule has 0 amide bonds. The number of phenols is 1. The number of hydrogen-bond donors (Lipinski definition) is 2. The molecule has 2 atom stereocenters. The minimum Gasteiger partial charge on any atom is -0.508 e. The van der Waals surface area contributed by atoms with Crippen molar-refractivity contribution < 1.29 is 5.11 Å². The summed E-state index contributed by atoms with van der Waals surface area (Å²) in [6.07, 6.45) is 0. The molecule has 0 bridgehead atoms. The van der Waals surface area contributed by atoms with Gasteiger partial charge < -0.3 is 10.8 Å². The van der Waals surface area contributed by atoms with E-state index in [2.05, 4.69) is 19.9 Å². The van der Waals surface area contributed by atoms with Crippen LogP contribution in [0.2, 0.25) is 0 Å². The van der Waals surface area contributed by atoms with Crippen LogP contribution in [0.15, 0.2) is 18.2 Å². The Labute approximate surface area is 91.1 Å². The molecule has 0 aliphatic heterocycles. The van der Waals surface area contributed by atoms with E-state index in [-0.39, 0.29) is 5.41 Å². The Kier molecular flexibility index (Phi) is 2.27. The molecule has 1 aliphatic rings. The van der Waals surface area contributed by atoms with Gasteiger partial charge in [0.2, 0.25) is 0 Å². The number of aromatic hydroxyl groups is 1. The van der Waals surface area contributed by atoms with Gasteiger partial charge in [-0.25, -0.2) is 0 Å². The van der Waals surface area contributed by atoms with Crippen molar-refractivity contribution in [1.82, 2.24) is 0 Å². The van der Waals surface area contributed by atoms with Crippen molar-refractivity contribution in [2.75, 3.05) is 6.54 Å². The van der Waals surface area contributed by atoms with Gasteiger partial charge in [-0.15, -0.1) is 0 Å². The van der Waals surface area contributed by atoms with E-state index in [0.717, 1.165) is 11.1 Å². The molecule has 0 radical (unpaired) electrons. The molecule has 0 aromatic heterocycles. The second-order valence-corrected chi connectivity index (χ2v) is 5.20. The topological polar surface area (TPSA) is 46.2 Å². The van der Waals surface area contributed by atoms with Crippen LogP contribution in [-0.2, 0) is 0 Å². The number of benzene rings is 1. The molecule has 2 rings (SSSR count). The van der Waals surface area contributed by atoms with Gasteiger partial charge in [-0.1, -0.05) is 26.0 Å². The predicted molar refractivity (Wildman–Crippen MR) is 61.9 cm³/mol.